The van der Waals surface area contributed by atoms with Gasteiger partial charge in [0.15, 0.2) is 0 Å². The maximum Gasteiger partial charge on any atom is 0.251 e. The van der Waals surface area contributed by atoms with Crippen molar-refractivity contribution in [3.63, 3.8) is 0 Å². The van der Waals surface area contributed by atoms with Gasteiger partial charge in [-0.15, -0.1) is 0 Å². The summed E-state index contributed by atoms with van der Waals surface area (Å²) >= 11 is 6.04. The fraction of sp³-hybridized carbons (Fsp3) is 0.261. The lowest BCUT2D eigenvalue weighted by Gasteiger charge is -2.12. The highest BCUT2D eigenvalue weighted by molar-refractivity contribution is 6.31. The Balaban J connectivity index is 1.64. The standard InChI is InChI=1S/C23H23ClN4O4/c1-13-7-8-15(24)10-17(13)25-20(29)11-19-23(30)26-22-21(18(12-31-2)27-28(19)22)14-5-4-6-16(9-14)32-3/h4-10,19H,11-12H2,1-3H3,(H,25,29)(H,26,30). The van der Waals surface area contributed by atoms with E-state index in [1.165, 1.54) is 0 Å². The molecular weight excluding hydrogens is 432 g/mol. The highest BCUT2D eigenvalue weighted by Crippen LogP contribution is 2.39. The van der Waals surface area contributed by atoms with Crippen LogP contribution in [0, 0.1) is 6.92 Å². The summed E-state index contributed by atoms with van der Waals surface area (Å²) in [5.74, 6) is 0.615. The monoisotopic (exact) mass is 454 g/mol. The van der Waals surface area contributed by atoms with E-state index in [-0.39, 0.29) is 24.8 Å². The minimum Gasteiger partial charge on any atom is -0.497 e. The Kier molecular flexibility index (Phi) is 6.16. The van der Waals surface area contributed by atoms with Crippen LogP contribution in [0.5, 0.6) is 5.75 Å². The van der Waals surface area contributed by atoms with Gasteiger partial charge in [0.2, 0.25) is 5.91 Å². The van der Waals surface area contributed by atoms with Gasteiger partial charge in [0, 0.05) is 17.8 Å². The molecule has 166 valence electrons. The van der Waals surface area contributed by atoms with Crippen molar-refractivity contribution in [1.29, 1.82) is 0 Å². The Morgan fingerprint density at radius 1 is 1.25 bits per heavy atom. The van der Waals surface area contributed by atoms with Gasteiger partial charge in [0.05, 0.1) is 31.4 Å². The number of carbonyl (C=O) groups excluding carboxylic acids is 2. The summed E-state index contributed by atoms with van der Waals surface area (Å²) in [6, 6.07) is 12.0. The van der Waals surface area contributed by atoms with Gasteiger partial charge in [0.1, 0.15) is 17.6 Å². The molecule has 0 aliphatic carbocycles. The van der Waals surface area contributed by atoms with E-state index in [0.717, 1.165) is 16.7 Å². The smallest absolute Gasteiger partial charge is 0.251 e. The van der Waals surface area contributed by atoms with Crippen molar-refractivity contribution in [2.75, 3.05) is 24.9 Å². The SMILES string of the molecule is COCc1nn2c(c1-c1cccc(OC)c1)NC(=O)C2CC(=O)Nc1cc(Cl)ccc1C. The summed E-state index contributed by atoms with van der Waals surface area (Å²) < 4.78 is 12.2. The molecular formula is C23H23ClN4O4. The van der Waals surface area contributed by atoms with Gasteiger partial charge in [0.25, 0.3) is 5.91 Å². The van der Waals surface area contributed by atoms with Crippen LogP contribution in [0.4, 0.5) is 11.5 Å². The van der Waals surface area contributed by atoms with Crippen LogP contribution in [-0.2, 0) is 20.9 Å². The summed E-state index contributed by atoms with van der Waals surface area (Å²) in [6.07, 6.45) is -0.0730. The number of carbonyl (C=O) groups is 2. The highest BCUT2D eigenvalue weighted by atomic mass is 35.5. The van der Waals surface area contributed by atoms with Crippen molar-refractivity contribution < 1.29 is 19.1 Å². The summed E-state index contributed by atoms with van der Waals surface area (Å²) in [6.45, 7) is 2.13. The molecule has 0 saturated carbocycles. The number of aromatic nitrogens is 2. The van der Waals surface area contributed by atoms with E-state index in [0.29, 0.717) is 28.0 Å². The van der Waals surface area contributed by atoms with E-state index >= 15 is 0 Å². The van der Waals surface area contributed by atoms with Crippen LogP contribution < -0.4 is 15.4 Å². The lowest BCUT2D eigenvalue weighted by atomic mass is 10.1. The number of nitrogens with zero attached hydrogens (tertiary/aromatic N) is 2. The fourth-order valence-electron chi connectivity index (χ4n) is 3.74. The molecule has 1 aromatic heterocycles. The minimum absolute atomic E-state index is 0.0730. The number of halogens is 1. The minimum atomic E-state index is -0.778. The second-order valence-corrected chi connectivity index (χ2v) is 7.93. The van der Waals surface area contributed by atoms with Crippen molar-refractivity contribution in [2.45, 2.75) is 26.0 Å². The van der Waals surface area contributed by atoms with Gasteiger partial charge in [-0.1, -0.05) is 29.8 Å². The van der Waals surface area contributed by atoms with Crippen molar-refractivity contribution in [1.82, 2.24) is 9.78 Å². The second-order valence-electron chi connectivity index (χ2n) is 7.50. The number of hydrogen-bond acceptors (Lipinski definition) is 5. The van der Waals surface area contributed by atoms with Crippen molar-refractivity contribution >= 4 is 34.9 Å². The Morgan fingerprint density at radius 2 is 2.06 bits per heavy atom. The molecule has 0 bridgehead atoms. The van der Waals surface area contributed by atoms with Gasteiger partial charge in [-0.3, -0.25) is 9.59 Å². The van der Waals surface area contributed by atoms with Crippen LogP contribution in [0.25, 0.3) is 11.1 Å². The third-order valence-corrected chi connectivity index (χ3v) is 5.55. The molecule has 0 saturated heterocycles. The Morgan fingerprint density at radius 3 is 2.81 bits per heavy atom. The largest absolute Gasteiger partial charge is 0.497 e. The Bertz CT molecular complexity index is 1190. The number of fused-ring (bicyclic) bond motifs is 1. The number of amides is 2. The van der Waals surface area contributed by atoms with E-state index in [1.54, 1.807) is 31.0 Å². The highest BCUT2D eigenvalue weighted by Gasteiger charge is 2.37. The summed E-state index contributed by atoms with van der Waals surface area (Å²) in [5, 5.41) is 10.8. The molecule has 1 aliphatic heterocycles. The number of nitrogens with one attached hydrogen (secondary N) is 2. The third-order valence-electron chi connectivity index (χ3n) is 5.31. The first-order chi connectivity index (χ1) is 15.4. The molecule has 1 unspecified atom stereocenters. The van der Waals surface area contributed by atoms with Crippen LogP contribution in [0.1, 0.15) is 23.7 Å². The zero-order valence-electron chi connectivity index (χ0n) is 17.9. The summed E-state index contributed by atoms with van der Waals surface area (Å²) in [7, 11) is 3.17. The van der Waals surface area contributed by atoms with E-state index in [9.17, 15) is 9.59 Å². The van der Waals surface area contributed by atoms with Gasteiger partial charge in [-0.25, -0.2) is 4.68 Å². The normalized spacial score (nSPS) is 14.8. The Labute approximate surface area is 190 Å². The molecule has 9 heteroatoms. The lowest BCUT2D eigenvalue weighted by Crippen LogP contribution is -2.24. The zero-order chi connectivity index (χ0) is 22.8. The van der Waals surface area contributed by atoms with Gasteiger partial charge in [-0.05, 0) is 42.3 Å². The first-order valence-electron chi connectivity index (χ1n) is 10.0. The van der Waals surface area contributed by atoms with E-state index in [2.05, 4.69) is 15.7 Å². The molecule has 0 fully saturated rings. The maximum absolute atomic E-state index is 12.7. The van der Waals surface area contributed by atoms with Crippen molar-refractivity contribution in [3.8, 4) is 16.9 Å². The molecule has 4 rings (SSSR count). The molecule has 8 nitrogen and oxygen atoms in total. The van der Waals surface area contributed by atoms with Crippen LogP contribution in [-0.4, -0.2) is 35.8 Å². The van der Waals surface area contributed by atoms with E-state index in [1.807, 2.05) is 37.3 Å². The molecule has 2 aromatic carbocycles. The number of methoxy groups -OCH3 is 2. The molecule has 2 N–H and O–H groups in total. The van der Waals surface area contributed by atoms with Crippen LogP contribution in [0.3, 0.4) is 0 Å². The molecule has 1 atom stereocenters. The third kappa shape index (κ3) is 4.19. The molecule has 1 aliphatic rings. The first-order valence-corrected chi connectivity index (χ1v) is 10.4. The lowest BCUT2D eigenvalue weighted by molar-refractivity contribution is -0.123. The molecule has 0 radical (unpaired) electrons. The van der Waals surface area contributed by atoms with Gasteiger partial charge < -0.3 is 20.1 Å². The van der Waals surface area contributed by atoms with Crippen molar-refractivity contribution in [3.05, 3.63) is 58.7 Å². The quantitative estimate of drug-likeness (QED) is 0.558. The maximum atomic E-state index is 12.7. The molecule has 3 aromatic rings. The van der Waals surface area contributed by atoms with Gasteiger partial charge >= 0.3 is 0 Å². The molecule has 0 spiro atoms. The van der Waals surface area contributed by atoms with E-state index in [4.69, 9.17) is 21.1 Å². The predicted molar refractivity (Wildman–Crippen MR) is 122 cm³/mol. The second kappa shape index (κ2) is 9.02. The fourth-order valence-corrected chi connectivity index (χ4v) is 3.91. The van der Waals surface area contributed by atoms with E-state index < -0.39 is 6.04 Å². The molecule has 2 heterocycles. The van der Waals surface area contributed by atoms with Crippen LogP contribution >= 0.6 is 11.6 Å². The zero-order valence-corrected chi connectivity index (χ0v) is 18.7. The van der Waals surface area contributed by atoms with Crippen molar-refractivity contribution in [2.24, 2.45) is 0 Å². The molecule has 2 amide bonds. The average Bonchev–Trinajstić information content (AvgIpc) is 3.26. The number of ether oxygens (including phenoxy) is 2. The molecule has 32 heavy (non-hydrogen) atoms. The summed E-state index contributed by atoms with van der Waals surface area (Å²) in [5.41, 5.74) is 3.72. The average molecular weight is 455 g/mol. The number of anilines is 2. The number of aryl methyl sites for hydroxylation is 1. The number of benzene rings is 2. The summed E-state index contributed by atoms with van der Waals surface area (Å²) in [4.78, 5) is 25.5. The predicted octanol–water partition coefficient (Wildman–Crippen LogP) is 4.19. The van der Waals surface area contributed by atoms with Crippen LogP contribution in [0.15, 0.2) is 42.5 Å². The number of hydrogen-bond donors (Lipinski definition) is 2. The van der Waals surface area contributed by atoms with Crippen LogP contribution in [0.2, 0.25) is 5.02 Å². The first kappa shape index (κ1) is 21.9. The van der Waals surface area contributed by atoms with Gasteiger partial charge in [-0.2, -0.15) is 5.10 Å². The topological polar surface area (TPSA) is 94.5 Å². The number of rotatable bonds is 7. The Hall–Kier alpha value is -3.36.